The predicted molar refractivity (Wildman–Crippen MR) is 90.6 cm³/mol. The van der Waals surface area contributed by atoms with Crippen molar-refractivity contribution >= 4 is 11.3 Å². The maximum absolute atomic E-state index is 5.52. The molecule has 0 aromatic carbocycles. The van der Waals surface area contributed by atoms with E-state index in [1.54, 1.807) is 11.3 Å². The third-order valence-electron chi connectivity index (χ3n) is 5.00. The Morgan fingerprint density at radius 1 is 1.38 bits per heavy atom. The summed E-state index contributed by atoms with van der Waals surface area (Å²) >= 11 is 1.63. The van der Waals surface area contributed by atoms with E-state index in [1.807, 2.05) is 23.8 Å². The lowest BCUT2D eigenvalue weighted by Gasteiger charge is -2.30. The SMILES string of the molecule is C[C@@H](c1nc(-c2cccs2)no1)N1CCc2c(ncn2C2CC2)C1. The van der Waals surface area contributed by atoms with Crippen molar-refractivity contribution in [2.24, 2.45) is 0 Å². The molecule has 0 N–H and O–H groups in total. The molecule has 1 atom stereocenters. The van der Waals surface area contributed by atoms with Crippen LogP contribution in [0.5, 0.6) is 0 Å². The highest BCUT2D eigenvalue weighted by Gasteiger charge is 2.32. The molecule has 6 nitrogen and oxygen atoms in total. The lowest BCUT2D eigenvalue weighted by atomic mass is 10.1. The van der Waals surface area contributed by atoms with Crippen molar-refractivity contribution in [3.05, 3.63) is 41.1 Å². The van der Waals surface area contributed by atoms with Gasteiger partial charge in [0.2, 0.25) is 11.7 Å². The van der Waals surface area contributed by atoms with Crippen LogP contribution in [-0.2, 0) is 13.0 Å². The van der Waals surface area contributed by atoms with E-state index in [0.717, 1.165) is 24.4 Å². The van der Waals surface area contributed by atoms with Crippen LogP contribution in [0.2, 0.25) is 0 Å². The van der Waals surface area contributed by atoms with Crippen molar-refractivity contribution < 1.29 is 4.52 Å². The molecule has 2 aliphatic rings. The summed E-state index contributed by atoms with van der Waals surface area (Å²) in [5.74, 6) is 1.37. The fraction of sp³-hybridized carbons (Fsp3) is 0.471. The lowest BCUT2D eigenvalue weighted by Crippen LogP contribution is -2.33. The van der Waals surface area contributed by atoms with Crippen LogP contribution >= 0.6 is 11.3 Å². The summed E-state index contributed by atoms with van der Waals surface area (Å²) in [6, 6.07) is 4.82. The van der Waals surface area contributed by atoms with Gasteiger partial charge < -0.3 is 9.09 Å². The van der Waals surface area contributed by atoms with E-state index in [9.17, 15) is 0 Å². The van der Waals surface area contributed by atoms with Crippen LogP contribution in [0.25, 0.3) is 10.7 Å². The van der Waals surface area contributed by atoms with Crippen molar-refractivity contribution in [2.45, 2.75) is 44.8 Å². The van der Waals surface area contributed by atoms with Gasteiger partial charge in [-0.05, 0) is 31.2 Å². The van der Waals surface area contributed by atoms with Crippen molar-refractivity contribution in [3.8, 4) is 10.7 Å². The van der Waals surface area contributed by atoms with E-state index in [1.165, 1.54) is 24.2 Å². The minimum absolute atomic E-state index is 0.102. The lowest BCUT2D eigenvalue weighted by molar-refractivity contribution is 0.154. The van der Waals surface area contributed by atoms with Crippen LogP contribution < -0.4 is 0 Å². The molecule has 5 rings (SSSR count). The van der Waals surface area contributed by atoms with Crippen LogP contribution in [0.4, 0.5) is 0 Å². The molecule has 1 aliphatic carbocycles. The van der Waals surface area contributed by atoms with Crippen molar-refractivity contribution in [1.82, 2.24) is 24.6 Å². The molecule has 24 heavy (non-hydrogen) atoms. The second-order valence-electron chi connectivity index (χ2n) is 6.61. The number of hydrogen-bond acceptors (Lipinski definition) is 6. The number of fused-ring (bicyclic) bond motifs is 1. The summed E-state index contributed by atoms with van der Waals surface area (Å²) in [6.07, 6.45) is 5.67. The smallest absolute Gasteiger partial charge is 0.244 e. The summed E-state index contributed by atoms with van der Waals surface area (Å²) in [5, 5.41) is 6.16. The molecule has 1 aliphatic heterocycles. The number of nitrogens with zero attached hydrogens (tertiary/aromatic N) is 5. The van der Waals surface area contributed by atoms with Crippen molar-refractivity contribution in [1.29, 1.82) is 0 Å². The largest absolute Gasteiger partial charge is 0.337 e. The molecule has 1 fully saturated rings. The summed E-state index contributed by atoms with van der Waals surface area (Å²) in [5.41, 5.74) is 2.63. The zero-order valence-corrected chi connectivity index (χ0v) is 14.4. The molecule has 0 amide bonds. The average molecular weight is 341 g/mol. The highest BCUT2D eigenvalue weighted by Crippen LogP contribution is 2.38. The standard InChI is InChI=1S/C17H19N5OS/c1-11(17-19-16(20-23-17)15-3-2-8-24-15)21-7-6-14-13(9-21)18-10-22(14)12-4-5-12/h2-3,8,10-12H,4-7,9H2,1H3/t11-/m0/s1. The van der Waals surface area contributed by atoms with Gasteiger partial charge in [0.1, 0.15) is 0 Å². The molecule has 0 spiro atoms. The number of rotatable bonds is 4. The first kappa shape index (κ1) is 14.4. The summed E-state index contributed by atoms with van der Waals surface area (Å²) in [6.45, 7) is 3.99. The van der Waals surface area contributed by atoms with Crippen LogP contribution in [0.1, 0.15) is 49.1 Å². The van der Waals surface area contributed by atoms with Gasteiger partial charge >= 0.3 is 0 Å². The van der Waals surface area contributed by atoms with Gasteiger partial charge in [0.25, 0.3) is 0 Å². The molecule has 4 heterocycles. The molecule has 3 aromatic heterocycles. The van der Waals surface area contributed by atoms with E-state index >= 15 is 0 Å². The van der Waals surface area contributed by atoms with Gasteiger partial charge in [-0.3, -0.25) is 4.90 Å². The van der Waals surface area contributed by atoms with Gasteiger partial charge in [-0.15, -0.1) is 11.3 Å². The van der Waals surface area contributed by atoms with Gasteiger partial charge in [0, 0.05) is 31.2 Å². The van der Waals surface area contributed by atoms with E-state index in [0.29, 0.717) is 17.8 Å². The molecule has 0 saturated heterocycles. The molecule has 3 aromatic rings. The summed E-state index contributed by atoms with van der Waals surface area (Å²) in [7, 11) is 0. The maximum Gasteiger partial charge on any atom is 0.244 e. The molecular formula is C17H19N5OS. The summed E-state index contributed by atoms with van der Waals surface area (Å²) in [4.78, 5) is 12.7. The summed E-state index contributed by atoms with van der Waals surface area (Å²) < 4.78 is 7.91. The Morgan fingerprint density at radius 3 is 3.08 bits per heavy atom. The Hall–Kier alpha value is -1.99. The van der Waals surface area contributed by atoms with Crippen LogP contribution in [0, 0.1) is 0 Å². The monoisotopic (exact) mass is 341 g/mol. The van der Waals surface area contributed by atoms with Gasteiger partial charge in [-0.25, -0.2) is 4.98 Å². The fourth-order valence-electron chi connectivity index (χ4n) is 3.42. The molecular weight excluding hydrogens is 322 g/mol. The first-order valence-electron chi connectivity index (χ1n) is 8.45. The van der Waals surface area contributed by atoms with Crippen molar-refractivity contribution in [2.75, 3.05) is 6.54 Å². The maximum atomic E-state index is 5.52. The highest BCUT2D eigenvalue weighted by molar-refractivity contribution is 7.13. The first-order chi connectivity index (χ1) is 11.8. The normalized spacial score (nSPS) is 19.4. The Kier molecular flexibility index (Phi) is 3.31. The zero-order valence-electron chi connectivity index (χ0n) is 13.6. The number of thiophene rings is 1. The van der Waals surface area contributed by atoms with Gasteiger partial charge in [-0.1, -0.05) is 11.2 Å². The minimum atomic E-state index is 0.102. The Balaban J connectivity index is 1.35. The van der Waals surface area contributed by atoms with Gasteiger partial charge in [0.15, 0.2) is 0 Å². The topological polar surface area (TPSA) is 60.0 Å². The van der Waals surface area contributed by atoms with Crippen molar-refractivity contribution in [3.63, 3.8) is 0 Å². The van der Waals surface area contributed by atoms with E-state index in [4.69, 9.17) is 4.52 Å². The van der Waals surface area contributed by atoms with E-state index in [2.05, 4.69) is 31.5 Å². The zero-order chi connectivity index (χ0) is 16.1. The Morgan fingerprint density at radius 2 is 2.29 bits per heavy atom. The molecule has 0 bridgehead atoms. The van der Waals surface area contributed by atoms with E-state index in [-0.39, 0.29) is 6.04 Å². The molecule has 7 heteroatoms. The van der Waals surface area contributed by atoms with Gasteiger partial charge in [0.05, 0.1) is 22.9 Å². The molecule has 124 valence electrons. The first-order valence-corrected chi connectivity index (χ1v) is 9.33. The Labute approximate surface area is 144 Å². The van der Waals surface area contributed by atoms with E-state index < -0.39 is 0 Å². The van der Waals surface area contributed by atoms with Crippen LogP contribution in [0.3, 0.4) is 0 Å². The molecule has 0 unspecified atom stereocenters. The Bertz CT molecular complexity index is 848. The second kappa shape index (κ2) is 5.53. The quantitative estimate of drug-likeness (QED) is 0.727. The van der Waals surface area contributed by atoms with Gasteiger partial charge in [-0.2, -0.15) is 4.98 Å². The molecule has 1 saturated carbocycles. The predicted octanol–water partition coefficient (Wildman–Crippen LogP) is 3.45. The molecule has 0 radical (unpaired) electrons. The average Bonchev–Trinajstić information content (AvgIpc) is 3.06. The third kappa shape index (κ3) is 2.39. The number of aromatic nitrogens is 4. The number of imidazole rings is 1. The second-order valence-corrected chi connectivity index (χ2v) is 7.55. The van der Waals surface area contributed by atoms with Crippen LogP contribution in [-0.4, -0.2) is 31.1 Å². The number of hydrogen-bond donors (Lipinski definition) is 0. The highest BCUT2D eigenvalue weighted by atomic mass is 32.1. The minimum Gasteiger partial charge on any atom is -0.337 e. The van der Waals surface area contributed by atoms with Crippen LogP contribution in [0.15, 0.2) is 28.4 Å². The fourth-order valence-corrected chi connectivity index (χ4v) is 4.07. The third-order valence-corrected chi connectivity index (χ3v) is 5.87.